The van der Waals surface area contributed by atoms with Gasteiger partial charge in [-0.25, -0.2) is 4.39 Å². The number of carbonyl (C=O) groups is 1. The summed E-state index contributed by atoms with van der Waals surface area (Å²) in [6, 6.07) is 10.8. The third-order valence-corrected chi connectivity index (χ3v) is 6.13. The van der Waals surface area contributed by atoms with Crippen molar-refractivity contribution in [3.05, 3.63) is 59.7 Å². The first-order valence-electron chi connectivity index (χ1n) is 9.94. The van der Waals surface area contributed by atoms with Crippen LogP contribution in [-0.2, 0) is 4.79 Å². The van der Waals surface area contributed by atoms with E-state index in [9.17, 15) is 14.3 Å². The molecular formula is C23H22FN3O2. The standard InChI is InChI=1S/C23H22FN3O2/c1-12(2)22-21(13-7-14(8-13)23(28)29)18-10-19-15(11-25-26-19)9-20(18)27(22)17-5-3-16(24)4-6-17/h3-6,9-14H,7-8H2,1-2H3,(H,25,26)(H,28,29). The Morgan fingerprint density at radius 2 is 1.97 bits per heavy atom. The van der Waals surface area contributed by atoms with Crippen molar-refractivity contribution in [2.75, 3.05) is 0 Å². The van der Waals surface area contributed by atoms with Gasteiger partial charge in [0.25, 0.3) is 0 Å². The number of aromatic nitrogens is 3. The van der Waals surface area contributed by atoms with E-state index < -0.39 is 5.97 Å². The lowest BCUT2D eigenvalue weighted by Crippen LogP contribution is -2.29. The Balaban J connectivity index is 1.81. The maximum Gasteiger partial charge on any atom is 0.306 e. The number of hydrogen-bond donors (Lipinski definition) is 2. The van der Waals surface area contributed by atoms with Crippen LogP contribution < -0.4 is 0 Å². The smallest absolute Gasteiger partial charge is 0.306 e. The minimum atomic E-state index is -0.717. The quantitative estimate of drug-likeness (QED) is 0.493. The normalized spacial score (nSPS) is 19.2. The Bertz CT molecular complexity index is 1230. The summed E-state index contributed by atoms with van der Waals surface area (Å²) in [5.41, 5.74) is 5.29. The van der Waals surface area contributed by atoms with Gasteiger partial charge in [-0.3, -0.25) is 9.89 Å². The second kappa shape index (κ2) is 6.44. The van der Waals surface area contributed by atoms with E-state index >= 15 is 0 Å². The van der Waals surface area contributed by atoms with E-state index in [-0.39, 0.29) is 23.6 Å². The number of halogens is 1. The lowest BCUT2D eigenvalue weighted by Gasteiger charge is -2.34. The second-order valence-electron chi connectivity index (χ2n) is 8.30. The van der Waals surface area contributed by atoms with Gasteiger partial charge in [-0.05, 0) is 66.6 Å². The number of benzene rings is 2. The van der Waals surface area contributed by atoms with Crippen molar-refractivity contribution in [3.8, 4) is 5.69 Å². The molecule has 2 aromatic carbocycles. The number of fused-ring (bicyclic) bond motifs is 2. The SMILES string of the molecule is CC(C)c1c(C2CC(C(=O)O)C2)c2cc3[nH]ncc3cc2n1-c1ccc(F)cc1. The highest BCUT2D eigenvalue weighted by molar-refractivity contribution is 5.99. The van der Waals surface area contributed by atoms with Crippen LogP contribution in [0.2, 0.25) is 0 Å². The molecule has 5 nitrogen and oxygen atoms in total. The Hall–Kier alpha value is -3.15. The number of rotatable bonds is 4. The molecule has 5 rings (SSSR count). The van der Waals surface area contributed by atoms with Gasteiger partial charge >= 0.3 is 5.97 Å². The van der Waals surface area contributed by atoms with E-state index in [1.165, 1.54) is 23.4 Å². The van der Waals surface area contributed by atoms with Crippen LogP contribution in [0, 0.1) is 11.7 Å². The molecule has 1 aliphatic rings. The predicted molar refractivity (Wildman–Crippen MR) is 110 cm³/mol. The van der Waals surface area contributed by atoms with Crippen LogP contribution in [-0.4, -0.2) is 25.8 Å². The fraction of sp³-hybridized carbons (Fsp3) is 0.304. The molecule has 2 N–H and O–H groups in total. The number of carboxylic acids is 1. The number of carboxylic acid groups (broad SMARTS) is 1. The summed E-state index contributed by atoms with van der Waals surface area (Å²) in [6.45, 7) is 4.30. The molecule has 4 aromatic rings. The molecule has 6 heteroatoms. The zero-order chi connectivity index (χ0) is 20.3. The van der Waals surface area contributed by atoms with Crippen molar-refractivity contribution in [2.24, 2.45) is 5.92 Å². The number of H-pyrrole nitrogens is 1. The van der Waals surface area contributed by atoms with Gasteiger partial charge in [0.1, 0.15) is 5.82 Å². The maximum atomic E-state index is 13.6. The van der Waals surface area contributed by atoms with Gasteiger partial charge in [-0.1, -0.05) is 13.8 Å². The molecule has 0 bridgehead atoms. The molecule has 0 aliphatic heterocycles. The molecule has 1 saturated carbocycles. The molecule has 2 aromatic heterocycles. The lowest BCUT2D eigenvalue weighted by molar-refractivity contribution is -0.145. The number of aliphatic carboxylic acids is 1. The predicted octanol–water partition coefficient (Wildman–Crippen LogP) is 5.35. The summed E-state index contributed by atoms with van der Waals surface area (Å²) in [4.78, 5) is 11.4. The summed E-state index contributed by atoms with van der Waals surface area (Å²) in [7, 11) is 0. The van der Waals surface area contributed by atoms with Gasteiger partial charge in [0.05, 0.1) is 23.1 Å². The molecule has 0 amide bonds. The van der Waals surface area contributed by atoms with Gasteiger partial charge in [-0.15, -0.1) is 0 Å². The monoisotopic (exact) mass is 391 g/mol. The van der Waals surface area contributed by atoms with Crippen molar-refractivity contribution >= 4 is 27.8 Å². The van der Waals surface area contributed by atoms with Crippen molar-refractivity contribution in [3.63, 3.8) is 0 Å². The highest BCUT2D eigenvalue weighted by Gasteiger charge is 2.39. The molecule has 0 radical (unpaired) electrons. The van der Waals surface area contributed by atoms with Crippen molar-refractivity contribution in [1.82, 2.24) is 14.8 Å². The number of nitrogens with one attached hydrogen (secondary N) is 1. The molecule has 2 heterocycles. The summed E-state index contributed by atoms with van der Waals surface area (Å²) in [5, 5.41) is 18.7. The number of aromatic amines is 1. The number of hydrogen-bond acceptors (Lipinski definition) is 2. The van der Waals surface area contributed by atoms with Gasteiger partial charge in [0, 0.05) is 22.2 Å². The minimum Gasteiger partial charge on any atom is -0.481 e. The van der Waals surface area contributed by atoms with Crippen molar-refractivity contribution < 1.29 is 14.3 Å². The molecule has 0 spiro atoms. The molecule has 1 fully saturated rings. The minimum absolute atomic E-state index is 0.207. The van der Waals surface area contributed by atoms with E-state index in [2.05, 4.69) is 40.7 Å². The maximum absolute atomic E-state index is 13.6. The Morgan fingerprint density at radius 3 is 2.62 bits per heavy atom. The van der Waals surface area contributed by atoms with Crippen LogP contribution in [0.15, 0.2) is 42.6 Å². The van der Waals surface area contributed by atoms with Gasteiger partial charge in [0.15, 0.2) is 0 Å². The van der Waals surface area contributed by atoms with Gasteiger partial charge < -0.3 is 9.67 Å². The van der Waals surface area contributed by atoms with Crippen LogP contribution in [0.1, 0.15) is 49.8 Å². The highest BCUT2D eigenvalue weighted by atomic mass is 19.1. The molecule has 0 atom stereocenters. The van der Waals surface area contributed by atoms with Crippen molar-refractivity contribution in [2.45, 2.75) is 38.5 Å². The molecule has 148 valence electrons. The first-order valence-corrected chi connectivity index (χ1v) is 9.94. The van der Waals surface area contributed by atoms with E-state index in [1.807, 2.05) is 0 Å². The van der Waals surface area contributed by atoms with E-state index in [1.54, 1.807) is 18.3 Å². The van der Waals surface area contributed by atoms with Crippen LogP contribution >= 0.6 is 0 Å². The zero-order valence-electron chi connectivity index (χ0n) is 16.3. The third-order valence-electron chi connectivity index (χ3n) is 6.13. The Morgan fingerprint density at radius 1 is 1.24 bits per heavy atom. The van der Waals surface area contributed by atoms with Crippen molar-refractivity contribution in [1.29, 1.82) is 0 Å². The summed E-state index contributed by atoms with van der Waals surface area (Å²) in [6.07, 6.45) is 3.10. The van der Waals surface area contributed by atoms with Gasteiger partial charge in [0.2, 0.25) is 0 Å². The summed E-state index contributed by atoms with van der Waals surface area (Å²) < 4.78 is 15.8. The van der Waals surface area contributed by atoms with Crippen LogP contribution in [0.25, 0.3) is 27.5 Å². The van der Waals surface area contributed by atoms with Crippen LogP contribution in [0.3, 0.4) is 0 Å². The topological polar surface area (TPSA) is 70.9 Å². The van der Waals surface area contributed by atoms with Crippen LogP contribution in [0.5, 0.6) is 0 Å². The van der Waals surface area contributed by atoms with Crippen LogP contribution in [0.4, 0.5) is 4.39 Å². The van der Waals surface area contributed by atoms with E-state index in [4.69, 9.17) is 0 Å². The molecular weight excluding hydrogens is 369 g/mol. The Labute approximate surface area is 167 Å². The fourth-order valence-corrected chi connectivity index (χ4v) is 4.69. The molecule has 1 aliphatic carbocycles. The second-order valence-corrected chi connectivity index (χ2v) is 8.30. The Kier molecular flexibility index (Phi) is 3.98. The average molecular weight is 391 g/mol. The molecule has 0 unspecified atom stereocenters. The zero-order valence-corrected chi connectivity index (χ0v) is 16.3. The first-order chi connectivity index (χ1) is 13.9. The largest absolute Gasteiger partial charge is 0.481 e. The number of nitrogens with zero attached hydrogens (tertiary/aromatic N) is 2. The fourth-order valence-electron chi connectivity index (χ4n) is 4.69. The van der Waals surface area contributed by atoms with E-state index in [0.717, 1.165) is 27.5 Å². The summed E-state index contributed by atoms with van der Waals surface area (Å²) >= 11 is 0. The average Bonchev–Trinajstić information content (AvgIpc) is 3.21. The highest BCUT2D eigenvalue weighted by Crippen LogP contribution is 2.49. The third kappa shape index (κ3) is 2.74. The molecule has 0 saturated heterocycles. The first kappa shape index (κ1) is 17.9. The summed E-state index contributed by atoms with van der Waals surface area (Å²) in [5.74, 6) is -0.830. The van der Waals surface area contributed by atoms with E-state index in [0.29, 0.717) is 12.8 Å². The molecule has 29 heavy (non-hydrogen) atoms. The lowest BCUT2D eigenvalue weighted by atomic mass is 9.70. The van der Waals surface area contributed by atoms with Gasteiger partial charge in [-0.2, -0.15) is 5.10 Å².